The summed E-state index contributed by atoms with van der Waals surface area (Å²) in [5, 5.41) is 7.25. The largest absolute Gasteiger partial charge is 0.477 e. The molecule has 3 aromatic heterocycles. The maximum absolute atomic E-state index is 6.53. The van der Waals surface area contributed by atoms with Crippen molar-refractivity contribution in [3.63, 3.8) is 0 Å². The summed E-state index contributed by atoms with van der Waals surface area (Å²) < 4.78 is 23.0. The van der Waals surface area contributed by atoms with Crippen LogP contribution in [0.2, 0.25) is 0 Å². The topological polar surface area (TPSA) is 63.3 Å². The molecular formula is C40H38N4O3. The van der Waals surface area contributed by atoms with E-state index in [-0.39, 0.29) is 0 Å². The monoisotopic (exact) mass is 622 g/mol. The van der Waals surface area contributed by atoms with Gasteiger partial charge in [-0.1, -0.05) is 42.0 Å². The average Bonchev–Trinajstić information content (AvgIpc) is 3.56. The molecule has 0 aliphatic heterocycles. The fourth-order valence-corrected chi connectivity index (χ4v) is 6.57. The van der Waals surface area contributed by atoms with Gasteiger partial charge in [0.15, 0.2) is 0 Å². The number of aryl methyl sites for hydroxylation is 4. The second-order valence-electron chi connectivity index (χ2n) is 11.9. The highest BCUT2D eigenvalue weighted by atomic mass is 16.5. The second kappa shape index (κ2) is 12.3. The first kappa shape index (κ1) is 30.1. The standard InChI is InChI=1S/C40H38N4O3/c1-7-45-39-38(37-27(5)20-26(4)21-28(37)6)40(46-8-2)44(42-39)29-12-11-13-30(23-29)47-31-16-17-33-32-14-9-10-15-34(32)43(35(33)24-31)36-22-25(3)18-19-41-36/h9-24H,7-8H2,1-6H3. The third kappa shape index (κ3) is 5.48. The van der Waals surface area contributed by atoms with Crippen LogP contribution >= 0.6 is 0 Å². The van der Waals surface area contributed by atoms with Gasteiger partial charge in [0.25, 0.3) is 0 Å². The lowest BCUT2D eigenvalue weighted by atomic mass is 9.95. The summed E-state index contributed by atoms with van der Waals surface area (Å²) in [6.07, 6.45) is 1.85. The van der Waals surface area contributed by atoms with Crippen molar-refractivity contribution in [2.24, 2.45) is 0 Å². The summed E-state index contributed by atoms with van der Waals surface area (Å²) in [5.74, 6) is 3.45. The smallest absolute Gasteiger partial charge is 0.245 e. The Morgan fingerprint density at radius 3 is 2.15 bits per heavy atom. The van der Waals surface area contributed by atoms with Crippen molar-refractivity contribution >= 4 is 21.8 Å². The van der Waals surface area contributed by atoms with Crippen LogP contribution in [0.15, 0.2) is 97.2 Å². The summed E-state index contributed by atoms with van der Waals surface area (Å²) in [4.78, 5) is 4.71. The van der Waals surface area contributed by atoms with Gasteiger partial charge in [0, 0.05) is 29.1 Å². The van der Waals surface area contributed by atoms with Crippen LogP contribution in [0.4, 0.5) is 0 Å². The molecule has 0 saturated carbocycles. The molecule has 0 atom stereocenters. The van der Waals surface area contributed by atoms with Gasteiger partial charge in [0.2, 0.25) is 11.8 Å². The molecule has 47 heavy (non-hydrogen) atoms. The Kier molecular flexibility index (Phi) is 7.90. The number of benzene rings is 4. The van der Waals surface area contributed by atoms with Crippen LogP contribution in [0.25, 0.3) is 44.4 Å². The zero-order valence-electron chi connectivity index (χ0n) is 27.7. The third-order valence-electron chi connectivity index (χ3n) is 8.37. The molecule has 0 aliphatic carbocycles. The number of aromatic nitrogens is 4. The fourth-order valence-electron chi connectivity index (χ4n) is 6.57. The van der Waals surface area contributed by atoms with Crippen LogP contribution < -0.4 is 14.2 Å². The first-order valence-corrected chi connectivity index (χ1v) is 16.1. The highest BCUT2D eigenvalue weighted by Gasteiger charge is 2.26. The fraction of sp³-hybridized carbons (Fsp3) is 0.200. The Morgan fingerprint density at radius 1 is 0.638 bits per heavy atom. The third-order valence-corrected chi connectivity index (χ3v) is 8.37. The van der Waals surface area contributed by atoms with Crippen molar-refractivity contribution in [2.75, 3.05) is 13.2 Å². The van der Waals surface area contributed by atoms with Gasteiger partial charge in [-0.2, -0.15) is 4.68 Å². The van der Waals surface area contributed by atoms with E-state index < -0.39 is 0 Å². The minimum absolute atomic E-state index is 0.480. The van der Waals surface area contributed by atoms with Gasteiger partial charge in [0.05, 0.1) is 29.9 Å². The molecule has 0 spiro atoms. The molecule has 0 N–H and O–H groups in total. The summed E-state index contributed by atoms with van der Waals surface area (Å²) >= 11 is 0. The maximum atomic E-state index is 6.53. The summed E-state index contributed by atoms with van der Waals surface area (Å²) in [5.41, 5.74) is 9.53. The highest BCUT2D eigenvalue weighted by Crippen LogP contribution is 2.44. The van der Waals surface area contributed by atoms with E-state index in [0.29, 0.717) is 30.7 Å². The van der Waals surface area contributed by atoms with Gasteiger partial charge >= 0.3 is 0 Å². The zero-order chi connectivity index (χ0) is 32.7. The molecule has 7 rings (SSSR count). The number of rotatable bonds is 9. The Labute approximate surface area is 275 Å². The molecule has 0 saturated heterocycles. The van der Waals surface area contributed by atoms with Crippen LogP contribution in [0, 0.1) is 27.7 Å². The van der Waals surface area contributed by atoms with Gasteiger partial charge in [-0.15, -0.1) is 5.10 Å². The Morgan fingerprint density at radius 2 is 1.38 bits per heavy atom. The second-order valence-corrected chi connectivity index (χ2v) is 11.9. The molecule has 0 radical (unpaired) electrons. The van der Waals surface area contributed by atoms with Crippen molar-refractivity contribution in [3.8, 4) is 45.9 Å². The molecule has 0 aliphatic rings. The lowest BCUT2D eigenvalue weighted by Crippen LogP contribution is -2.04. The predicted octanol–water partition coefficient (Wildman–Crippen LogP) is 9.85. The number of hydrogen-bond acceptors (Lipinski definition) is 5. The van der Waals surface area contributed by atoms with Crippen molar-refractivity contribution in [1.29, 1.82) is 0 Å². The van der Waals surface area contributed by atoms with Crippen molar-refractivity contribution < 1.29 is 14.2 Å². The molecule has 236 valence electrons. The molecule has 3 heterocycles. The molecule has 0 unspecified atom stereocenters. The van der Waals surface area contributed by atoms with E-state index in [1.54, 1.807) is 0 Å². The van der Waals surface area contributed by atoms with Gasteiger partial charge in [-0.25, -0.2) is 4.98 Å². The maximum Gasteiger partial charge on any atom is 0.245 e. The van der Waals surface area contributed by atoms with Crippen LogP contribution in [0.1, 0.15) is 36.1 Å². The zero-order valence-corrected chi connectivity index (χ0v) is 27.7. The van der Waals surface area contributed by atoms with E-state index in [2.05, 4.69) is 86.9 Å². The van der Waals surface area contributed by atoms with Crippen LogP contribution in [0.5, 0.6) is 23.3 Å². The molecule has 7 aromatic rings. The number of para-hydroxylation sites is 1. The number of nitrogens with zero attached hydrogens (tertiary/aromatic N) is 4. The van der Waals surface area contributed by atoms with Crippen molar-refractivity contribution in [2.45, 2.75) is 41.5 Å². The molecular weight excluding hydrogens is 584 g/mol. The molecule has 0 bridgehead atoms. The quantitative estimate of drug-likeness (QED) is 0.160. The van der Waals surface area contributed by atoms with Crippen molar-refractivity contribution in [1.82, 2.24) is 19.3 Å². The molecule has 0 fully saturated rings. The summed E-state index contributed by atoms with van der Waals surface area (Å²) in [7, 11) is 0. The SMILES string of the molecule is CCOc1nn(-c2cccc(Oc3ccc4c5ccccc5n(-c5cc(C)ccn5)c4c3)c2)c(OCC)c1-c1c(C)cc(C)cc1C. The van der Waals surface area contributed by atoms with E-state index in [4.69, 9.17) is 24.3 Å². The Bertz CT molecular complexity index is 2240. The molecule has 7 heteroatoms. The number of fused-ring (bicyclic) bond motifs is 3. The van der Waals surface area contributed by atoms with E-state index in [9.17, 15) is 0 Å². The van der Waals surface area contributed by atoms with Crippen LogP contribution in [0.3, 0.4) is 0 Å². The normalized spacial score (nSPS) is 11.4. The number of hydrogen-bond donors (Lipinski definition) is 0. The number of pyridine rings is 1. The minimum atomic E-state index is 0.480. The van der Waals surface area contributed by atoms with Gasteiger partial charge in [0.1, 0.15) is 22.9 Å². The minimum Gasteiger partial charge on any atom is -0.477 e. The van der Waals surface area contributed by atoms with E-state index in [1.807, 2.05) is 61.1 Å². The van der Waals surface area contributed by atoms with Crippen LogP contribution in [-0.4, -0.2) is 32.5 Å². The van der Waals surface area contributed by atoms with E-state index in [1.165, 1.54) is 10.9 Å². The van der Waals surface area contributed by atoms with E-state index >= 15 is 0 Å². The first-order chi connectivity index (χ1) is 22.9. The molecule has 7 nitrogen and oxygen atoms in total. The van der Waals surface area contributed by atoms with Crippen LogP contribution in [-0.2, 0) is 0 Å². The van der Waals surface area contributed by atoms with Gasteiger partial charge in [-0.05, 0) is 106 Å². The first-order valence-electron chi connectivity index (χ1n) is 16.1. The Hall–Kier alpha value is -5.56. The van der Waals surface area contributed by atoms with Crippen molar-refractivity contribution in [3.05, 3.63) is 119 Å². The predicted molar refractivity (Wildman–Crippen MR) is 189 cm³/mol. The molecule has 4 aromatic carbocycles. The lowest BCUT2D eigenvalue weighted by Gasteiger charge is -2.15. The lowest BCUT2D eigenvalue weighted by molar-refractivity contribution is 0.316. The van der Waals surface area contributed by atoms with Gasteiger partial charge in [-0.3, -0.25) is 4.57 Å². The Balaban J connectivity index is 1.32. The summed E-state index contributed by atoms with van der Waals surface area (Å²) in [6.45, 7) is 13.4. The molecule has 0 amide bonds. The van der Waals surface area contributed by atoms with Gasteiger partial charge < -0.3 is 14.2 Å². The van der Waals surface area contributed by atoms with E-state index in [0.717, 1.165) is 61.5 Å². The number of ether oxygens (including phenoxy) is 3. The average molecular weight is 623 g/mol. The highest BCUT2D eigenvalue weighted by molar-refractivity contribution is 6.09. The summed E-state index contributed by atoms with van der Waals surface area (Å²) in [6, 6.07) is 31.0.